The van der Waals surface area contributed by atoms with Gasteiger partial charge in [0.1, 0.15) is 12.7 Å². The second kappa shape index (κ2) is 34.0. The van der Waals surface area contributed by atoms with Crippen molar-refractivity contribution in [3.8, 4) is 0 Å². The van der Waals surface area contributed by atoms with E-state index in [0.717, 1.165) is 44.9 Å². The molecule has 1 saturated carbocycles. The van der Waals surface area contributed by atoms with Gasteiger partial charge in [-0.05, 0) is 25.2 Å². The molecule has 7 N–H and O–H groups in total. The van der Waals surface area contributed by atoms with Crippen LogP contribution in [0.4, 0.5) is 0 Å². The zero-order chi connectivity index (χ0) is 44.7. The van der Waals surface area contributed by atoms with E-state index in [9.17, 15) is 44.0 Å². The molecular weight excluding hydrogens is 822 g/mol. The predicted octanol–water partition coefficient (Wildman–Crippen LogP) is 7.50. The quantitative estimate of drug-likeness (QED) is 0.0137. The maximum Gasteiger partial charge on any atom is 0.472 e. The van der Waals surface area contributed by atoms with Crippen molar-refractivity contribution in [1.82, 2.24) is 0 Å². The lowest BCUT2D eigenvalue weighted by Crippen LogP contribution is -2.29. The molecule has 0 aliphatic heterocycles. The molecule has 60 heavy (non-hydrogen) atoms. The van der Waals surface area contributed by atoms with Crippen molar-refractivity contribution in [2.75, 3.05) is 26.4 Å². The first-order valence-electron chi connectivity index (χ1n) is 22.3. The zero-order valence-electron chi connectivity index (χ0n) is 36.1. The highest BCUT2D eigenvalue weighted by Crippen LogP contribution is 2.44. The van der Waals surface area contributed by atoms with Gasteiger partial charge < -0.3 is 44.6 Å². The van der Waals surface area contributed by atoms with E-state index in [1.807, 2.05) is 0 Å². The van der Waals surface area contributed by atoms with Crippen LogP contribution in [0, 0.1) is 11.8 Å². The molecular formula is C42H78O16P2. The normalized spacial score (nSPS) is 21.0. The summed E-state index contributed by atoms with van der Waals surface area (Å²) in [6.45, 7) is 1.29. The van der Waals surface area contributed by atoms with Gasteiger partial charge in [0.15, 0.2) is 6.10 Å². The summed E-state index contributed by atoms with van der Waals surface area (Å²) in [5.41, 5.74) is 0. The van der Waals surface area contributed by atoms with Gasteiger partial charge in [0.05, 0.1) is 44.6 Å². The minimum Gasteiger partial charge on any atom is -0.462 e. The smallest absolute Gasteiger partial charge is 0.462 e. The van der Waals surface area contributed by atoms with Crippen LogP contribution in [-0.4, -0.2) is 104 Å². The van der Waals surface area contributed by atoms with Crippen molar-refractivity contribution in [3.05, 3.63) is 24.3 Å². The SMILES string of the molecule is CCCCCCCCCCCCCCCCCC(=O)OC[C@H](COP(=O)(O)OC[C@@H](O)COP(=O)(O)O)OC(=O)C/C=C\C[C@H]1[C@@H](/C=C/[C@H](O)CCCCC)[C@H](O)C[C@@H]1O. The zero-order valence-corrected chi connectivity index (χ0v) is 37.9. The fourth-order valence-corrected chi connectivity index (χ4v) is 8.13. The molecule has 0 spiro atoms. The summed E-state index contributed by atoms with van der Waals surface area (Å²) in [4.78, 5) is 53.0. The molecule has 0 aromatic heterocycles. The van der Waals surface area contributed by atoms with Gasteiger partial charge in [0.2, 0.25) is 0 Å². The molecule has 1 aliphatic rings. The number of phosphoric acid groups is 2. The van der Waals surface area contributed by atoms with Crippen molar-refractivity contribution >= 4 is 27.6 Å². The van der Waals surface area contributed by atoms with E-state index in [4.69, 9.17) is 23.8 Å². The van der Waals surface area contributed by atoms with Gasteiger partial charge in [0, 0.05) is 18.8 Å². The van der Waals surface area contributed by atoms with Crippen molar-refractivity contribution < 1.29 is 76.9 Å². The number of allylic oxidation sites excluding steroid dienone is 1. The Bertz CT molecular complexity index is 1280. The fourth-order valence-electron chi connectivity index (χ4n) is 6.97. The third-order valence-electron chi connectivity index (χ3n) is 10.4. The van der Waals surface area contributed by atoms with Gasteiger partial charge in [-0.1, -0.05) is 147 Å². The van der Waals surface area contributed by atoms with E-state index in [1.54, 1.807) is 18.2 Å². The molecule has 0 heterocycles. The number of phosphoric ester groups is 2. The number of rotatable bonds is 38. The third-order valence-corrected chi connectivity index (χ3v) is 11.9. The van der Waals surface area contributed by atoms with Crippen LogP contribution in [-0.2, 0) is 41.8 Å². The molecule has 0 saturated heterocycles. The van der Waals surface area contributed by atoms with Gasteiger partial charge in [-0.25, -0.2) is 9.13 Å². The summed E-state index contributed by atoms with van der Waals surface area (Å²) < 4.78 is 47.7. The number of carbonyl (C=O) groups is 2. The summed E-state index contributed by atoms with van der Waals surface area (Å²) in [5, 5.41) is 41.2. The Kier molecular flexibility index (Phi) is 32.0. The highest BCUT2D eigenvalue weighted by molar-refractivity contribution is 7.47. The first-order valence-corrected chi connectivity index (χ1v) is 25.3. The van der Waals surface area contributed by atoms with E-state index in [2.05, 4.69) is 22.9 Å². The van der Waals surface area contributed by atoms with E-state index >= 15 is 0 Å². The summed E-state index contributed by atoms with van der Waals surface area (Å²) in [7, 11) is -9.80. The van der Waals surface area contributed by atoms with E-state index in [0.29, 0.717) is 19.3 Å². The Morgan fingerprint density at radius 2 is 1.20 bits per heavy atom. The molecule has 0 bridgehead atoms. The molecule has 1 fully saturated rings. The summed E-state index contributed by atoms with van der Waals surface area (Å²) in [5.74, 6) is -2.07. The Morgan fingerprint density at radius 3 is 1.78 bits per heavy atom. The highest BCUT2D eigenvalue weighted by atomic mass is 31.2. The number of ether oxygens (including phenoxy) is 2. The van der Waals surface area contributed by atoms with E-state index in [1.165, 1.54) is 70.3 Å². The van der Waals surface area contributed by atoms with Crippen LogP contribution in [0.15, 0.2) is 24.3 Å². The van der Waals surface area contributed by atoms with Crippen molar-refractivity contribution in [1.29, 1.82) is 0 Å². The lowest BCUT2D eigenvalue weighted by atomic mass is 9.89. The lowest BCUT2D eigenvalue weighted by Gasteiger charge is -2.20. The summed E-state index contributed by atoms with van der Waals surface area (Å²) in [6.07, 6.45) is 23.0. The molecule has 352 valence electrons. The van der Waals surface area contributed by atoms with Gasteiger partial charge in [-0.3, -0.25) is 23.2 Å². The fraction of sp³-hybridized carbons (Fsp3) is 0.857. The van der Waals surface area contributed by atoms with Crippen molar-refractivity contribution in [2.45, 2.75) is 192 Å². The van der Waals surface area contributed by atoms with Crippen LogP contribution >= 0.6 is 15.6 Å². The topological polar surface area (TPSA) is 256 Å². The molecule has 0 aromatic rings. The van der Waals surface area contributed by atoms with Crippen LogP contribution in [0.2, 0.25) is 0 Å². The number of esters is 2. The Hall–Kier alpha value is -1.52. The Balaban J connectivity index is 2.61. The largest absolute Gasteiger partial charge is 0.472 e. The van der Waals surface area contributed by atoms with Gasteiger partial charge in [-0.15, -0.1) is 0 Å². The molecule has 1 rings (SSSR count). The first-order chi connectivity index (χ1) is 28.6. The number of carbonyl (C=O) groups excluding carboxylic acids is 2. The molecule has 0 aromatic carbocycles. The van der Waals surface area contributed by atoms with Crippen LogP contribution in [0.3, 0.4) is 0 Å². The van der Waals surface area contributed by atoms with Crippen LogP contribution in [0.25, 0.3) is 0 Å². The number of aliphatic hydroxyl groups is 4. The lowest BCUT2D eigenvalue weighted by molar-refractivity contribution is -0.160. The van der Waals surface area contributed by atoms with Gasteiger partial charge >= 0.3 is 27.6 Å². The summed E-state index contributed by atoms with van der Waals surface area (Å²) in [6, 6.07) is 0. The van der Waals surface area contributed by atoms with Crippen LogP contribution < -0.4 is 0 Å². The maximum absolute atomic E-state index is 12.8. The maximum atomic E-state index is 12.8. The van der Waals surface area contributed by atoms with Gasteiger partial charge in [-0.2, -0.15) is 0 Å². The number of hydrogen-bond acceptors (Lipinski definition) is 13. The second-order valence-corrected chi connectivity index (χ2v) is 18.7. The predicted molar refractivity (Wildman–Crippen MR) is 227 cm³/mol. The van der Waals surface area contributed by atoms with Gasteiger partial charge in [0.25, 0.3) is 0 Å². The van der Waals surface area contributed by atoms with Crippen LogP contribution in [0.1, 0.15) is 162 Å². The first kappa shape index (κ1) is 56.5. The van der Waals surface area contributed by atoms with E-state index < -0.39 is 84.5 Å². The minimum absolute atomic E-state index is 0.133. The minimum atomic E-state index is -4.90. The molecule has 1 unspecified atom stereocenters. The molecule has 8 atom stereocenters. The van der Waals surface area contributed by atoms with E-state index in [-0.39, 0.29) is 31.1 Å². The highest BCUT2D eigenvalue weighted by Gasteiger charge is 2.39. The Labute approximate surface area is 358 Å². The number of unbranched alkanes of at least 4 members (excludes halogenated alkanes) is 16. The summed E-state index contributed by atoms with van der Waals surface area (Å²) >= 11 is 0. The molecule has 18 heteroatoms. The monoisotopic (exact) mass is 900 g/mol. The van der Waals surface area contributed by atoms with Crippen molar-refractivity contribution in [2.24, 2.45) is 11.8 Å². The molecule has 0 radical (unpaired) electrons. The number of aliphatic hydroxyl groups excluding tert-OH is 4. The number of hydrogen-bond donors (Lipinski definition) is 7. The molecule has 0 amide bonds. The van der Waals surface area contributed by atoms with Crippen molar-refractivity contribution in [3.63, 3.8) is 0 Å². The standard InChI is InChI=1S/C42H78O16P2/c1-3-5-7-8-9-10-11-12-13-14-15-16-17-18-20-25-41(47)54-32-36(33-57-60(52,53)56-31-35(44)30-55-59(49,50)51)58-42(48)26-22-21-24-37-38(40(46)29-39(37)45)28-27-34(43)23-19-6-4-2/h21-22,27-28,34-40,43-46H,3-20,23-26,29-33H2,1-2H3,(H,52,53)(H2,49,50,51)/b22-21-,28-27+/t34-,35+,36-,37+,38-,39+,40-/m1/s1. The molecule has 1 aliphatic carbocycles. The third kappa shape index (κ3) is 30.5. The average Bonchev–Trinajstić information content (AvgIpc) is 3.46. The molecule has 16 nitrogen and oxygen atoms in total. The average molecular weight is 901 g/mol. The second-order valence-electron chi connectivity index (χ2n) is 16.0. The Morgan fingerprint density at radius 1 is 0.667 bits per heavy atom. The van der Waals surface area contributed by atoms with Crippen LogP contribution in [0.5, 0.6) is 0 Å².